The Morgan fingerprint density at radius 3 is 2.30 bits per heavy atom. The van der Waals surface area contributed by atoms with E-state index in [1.165, 1.54) is 12.1 Å². The van der Waals surface area contributed by atoms with Crippen LogP contribution in [0.15, 0.2) is 54.7 Å². The fourth-order valence-electron chi connectivity index (χ4n) is 5.41. The van der Waals surface area contributed by atoms with Crippen LogP contribution in [0.25, 0.3) is 0 Å². The molecule has 5 rings (SSSR count). The van der Waals surface area contributed by atoms with Crippen LogP contribution in [-0.2, 0) is 13.6 Å². The number of aromatic nitrogens is 1. The molecule has 2 aliphatic heterocycles. The van der Waals surface area contributed by atoms with E-state index in [4.69, 9.17) is 11.6 Å². The Morgan fingerprint density at radius 2 is 1.62 bits per heavy atom. The van der Waals surface area contributed by atoms with Crippen LogP contribution in [0.5, 0.6) is 0 Å². The van der Waals surface area contributed by atoms with Crippen molar-refractivity contribution in [2.24, 2.45) is 7.05 Å². The fraction of sp³-hybridized carbons (Fsp3) is 0.393. The van der Waals surface area contributed by atoms with Gasteiger partial charge in [-0.2, -0.15) is 0 Å². The van der Waals surface area contributed by atoms with Gasteiger partial charge in [-0.15, -0.1) is 0 Å². The zero-order valence-corrected chi connectivity index (χ0v) is 22.0. The topological polar surface area (TPSA) is 35.0 Å². The number of amides is 1. The largest absolute Gasteiger partial charge is 0.368 e. The summed E-state index contributed by atoms with van der Waals surface area (Å²) in [7, 11) is 1.91. The molecule has 37 heavy (non-hydrogen) atoms. The van der Waals surface area contributed by atoms with E-state index in [0.717, 1.165) is 55.1 Å². The number of benzene rings is 2. The lowest BCUT2D eigenvalue weighted by Crippen LogP contribution is -2.54. The molecule has 196 valence electrons. The summed E-state index contributed by atoms with van der Waals surface area (Å²) >= 11 is 6.37. The lowest BCUT2D eigenvalue weighted by Gasteiger charge is -2.41. The number of carbonyl (C=O) groups is 1. The molecule has 0 N–H and O–H groups in total. The summed E-state index contributed by atoms with van der Waals surface area (Å²) in [5.74, 6) is -1.21. The standard InChI is InChI=1S/C28H32ClF2N5O/c1-20-17-35(24-15-22(30)14-23(31)16-24)11-12-36(20)28(37)27-13-21(18-32(27)2)19-33-7-9-34(10-8-33)26-6-4-3-5-25(26)29/h3-6,13-16,18,20H,7-12,17,19H2,1-2H3. The van der Waals surface area contributed by atoms with E-state index in [-0.39, 0.29) is 11.9 Å². The Kier molecular flexibility index (Phi) is 7.40. The molecule has 0 bridgehead atoms. The van der Waals surface area contributed by atoms with Crippen molar-refractivity contribution in [1.29, 1.82) is 0 Å². The number of anilines is 2. The lowest BCUT2D eigenvalue weighted by molar-refractivity contribution is 0.0664. The second-order valence-electron chi connectivity index (χ2n) is 9.98. The number of nitrogens with zero attached hydrogens (tertiary/aromatic N) is 5. The number of halogens is 3. The van der Waals surface area contributed by atoms with Crippen LogP contribution in [0.3, 0.4) is 0 Å². The quantitative estimate of drug-likeness (QED) is 0.485. The molecule has 1 unspecified atom stereocenters. The van der Waals surface area contributed by atoms with Crippen molar-refractivity contribution < 1.29 is 13.6 Å². The molecule has 1 aromatic heterocycles. The van der Waals surface area contributed by atoms with E-state index in [1.807, 2.05) is 58.8 Å². The van der Waals surface area contributed by atoms with Crippen LogP contribution in [0.4, 0.5) is 20.2 Å². The molecule has 0 spiro atoms. The molecular formula is C28H32ClF2N5O. The van der Waals surface area contributed by atoms with E-state index in [9.17, 15) is 13.6 Å². The zero-order valence-electron chi connectivity index (χ0n) is 21.2. The van der Waals surface area contributed by atoms with Crippen LogP contribution >= 0.6 is 11.6 Å². The fourth-order valence-corrected chi connectivity index (χ4v) is 5.66. The normalized spacial score (nSPS) is 18.9. The van der Waals surface area contributed by atoms with E-state index in [2.05, 4.69) is 15.9 Å². The second-order valence-corrected chi connectivity index (χ2v) is 10.4. The lowest BCUT2D eigenvalue weighted by atomic mass is 10.1. The van der Waals surface area contributed by atoms with E-state index >= 15 is 0 Å². The van der Waals surface area contributed by atoms with Crippen LogP contribution < -0.4 is 9.80 Å². The first-order chi connectivity index (χ1) is 17.8. The summed E-state index contributed by atoms with van der Waals surface area (Å²) in [5, 5.41) is 0.778. The number of hydrogen-bond donors (Lipinski definition) is 0. The summed E-state index contributed by atoms with van der Waals surface area (Å²) in [5.41, 5.74) is 3.35. The number of hydrogen-bond acceptors (Lipinski definition) is 4. The Hall–Kier alpha value is -3.10. The van der Waals surface area contributed by atoms with Gasteiger partial charge in [-0.1, -0.05) is 23.7 Å². The van der Waals surface area contributed by atoms with E-state index < -0.39 is 11.6 Å². The summed E-state index contributed by atoms with van der Waals surface area (Å²) in [6.45, 7) is 7.93. The minimum Gasteiger partial charge on any atom is -0.368 e. The molecule has 6 nitrogen and oxygen atoms in total. The van der Waals surface area contributed by atoms with E-state index in [1.54, 1.807) is 0 Å². The van der Waals surface area contributed by atoms with Gasteiger partial charge in [0.25, 0.3) is 5.91 Å². The maximum atomic E-state index is 13.7. The third-order valence-electron chi connectivity index (χ3n) is 7.35. The van der Waals surface area contributed by atoms with Crippen LogP contribution in [-0.4, -0.2) is 72.1 Å². The summed E-state index contributed by atoms with van der Waals surface area (Å²) in [4.78, 5) is 22.0. The molecule has 2 aliphatic rings. The summed E-state index contributed by atoms with van der Waals surface area (Å²) in [6.07, 6.45) is 2.03. The molecule has 3 heterocycles. The SMILES string of the molecule is CC1CN(c2cc(F)cc(F)c2)CCN1C(=O)c1cc(CN2CCN(c3ccccc3Cl)CC2)cn1C. The third-order valence-corrected chi connectivity index (χ3v) is 7.67. The number of piperazine rings is 2. The molecular weight excluding hydrogens is 496 g/mol. The Bertz CT molecular complexity index is 1250. The van der Waals surface area contributed by atoms with Crippen molar-refractivity contribution >= 4 is 28.9 Å². The first-order valence-electron chi connectivity index (χ1n) is 12.7. The zero-order chi connectivity index (χ0) is 26.1. The van der Waals surface area contributed by atoms with E-state index in [0.29, 0.717) is 31.0 Å². The van der Waals surface area contributed by atoms with Crippen molar-refractivity contribution in [2.45, 2.75) is 19.5 Å². The highest BCUT2D eigenvalue weighted by Crippen LogP contribution is 2.27. The van der Waals surface area contributed by atoms with Crippen molar-refractivity contribution in [3.8, 4) is 0 Å². The molecule has 2 aromatic carbocycles. The predicted octanol–water partition coefficient (Wildman–Crippen LogP) is 4.63. The maximum absolute atomic E-state index is 13.7. The average molecular weight is 528 g/mol. The Labute approximate surface area is 221 Å². The highest BCUT2D eigenvalue weighted by Gasteiger charge is 2.30. The maximum Gasteiger partial charge on any atom is 0.270 e. The third kappa shape index (κ3) is 5.60. The first-order valence-corrected chi connectivity index (χ1v) is 13.1. The Balaban J connectivity index is 1.19. The van der Waals surface area contributed by atoms with Gasteiger partial charge in [0.1, 0.15) is 17.3 Å². The molecule has 1 atom stereocenters. The van der Waals surface area contributed by atoms with Gasteiger partial charge in [0.15, 0.2) is 0 Å². The molecule has 2 saturated heterocycles. The predicted molar refractivity (Wildman–Crippen MR) is 143 cm³/mol. The van der Waals surface area contributed by atoms with Gasteiger partial charge in [-0.3, -0.25) is 9.69 Å². The summed E-state index contributed by atoms with van der Waals surface area (Å²) < 4.78 is 29.3. The van der Waals surface area contributed by atoms with Crippen molar-refractivity contribution in [2.75, 3.05) is 55.6 Å². The minimum absolute atomic E-state index is 0.0186. The first kappa shape index (κ1) is 25.5. The Morgan fingerprint density at radius 1 is 0.946 bits per heavy atom. The van der Waals surface area contributed by atoms with Crippen LogP contribution in [0.1, 0.15) is 23.0 Å². The highest BCUT2D eigenvalue weighted by atomic mass is 35.5. The molecule has 3 aromatic rings. The van der Waals surface area contributed by atoms with Gasteiger partial charge < -0.3 is 19.3 Å². The van der Waals surface area contributed by atoms with Gasteiger partial charge in [0.05, 0.1) is 10.7 Å². The van der Waals surface area contributed by atoms with Gasteiger partial charge >= 0.3 is 0 Å². The monoisotopic (exact) mass is 527 g/mol. The molecule has 0 radical (unpaired) electrons. The van der Waals surface area contributed by atoms with Gasteiger partial charge in [0.2, 0.25) is 0 Å². The van der Waals surface area contributed by atoms with Crippen molar-refractivity contribution in [3.63, 3.8) is 0 Å². The van der Waals surface area contributed by atoms with Crippen molar-refractivity contribution in [3.05, 3.63) is 82.6 Å². The number of rotatable bonds is 5. The average Bonchev–Trinajstić information content (AvgIpc) is 3.23. The molecule has 2 fully saturated rings. The highest BCUT2D eigenvalue weighted by molar-refractivity contribution is 6.33. The van der Waals surface area contributed by atoms with Crippen LogP contribution in [0.2, 0.25) is 5.02 Å². The van der Waals surface area contributed by atoms with Crippen molar-refractivity contribution in [1.82, 2.24) is 14.4 Å². The number of carbonyl (C=O) groups excluding carboxylic acids is 1. The van der Waals surface area contributed by atoms with Gasteiger partial charge in [-0.05, 0) is 42.8 Å². The van der Waals surface area contributed by atoms with Crippen LogP contribution in [0, 0.1) is 11.6 Å². The number of para-hydroxylation sites is 1. The second kappa shape index (κ2) is 10.7. The number of aryl methyl sites for hydroxylation is 1. The minimum atomic E-state index is -0.595. The molecule has 9 heteroatoms. The smallest absolute Gasteiger partial charge is 0.270 e. The molecule has 0 saturated carbocycles. The molecule has 1 amide bonds. The van der Waals surface area contributed by atoms with Gasteiger partial charge in [-0.25, -0.2) is 8.78 Å². The summed E-state index contributed by atoms with van der Waals surface area (Å²) in [6, 6.07) is 13.4. The molecule has 0 aliphatic carbocycles. The van der Waals surface area contributed by atoms with Gasteiger partial charge in [0, 0.05) is 83.4 Å².